The molecule has 2 aliphatic heterocycles. The molecule has 230 valence electrons. The number of nitrogens with one attached hydrogen (secondary N) is 3. The Bertz CT molecular complexity index is 1680. The highest BCUT2D eigenvalue weighted by Crippen LogP contribution is 2.28. The number of thiazole rings is 1. The van der Waals surface area contributed by atoms with E-state index in [0.717, 1.165) is 14.5 Å². The summed E-state index contributed by atoms with van der Waals surface area (Å²) in [6, 6.07) is 4.32. The maximum absolute atomic E-state index is 13.8. The SMILES string of the molecule is CCOC(=O)CC1CN(S(=O)(=O)n2cc3ccc(C(=N)NC(=O)OC)cc3c2)CCN1C(=O)c1nc2c(s1)CNC(C)C2. The number of carbonyl (C=O) groups excluding carboxylic acids is 3. The van der Waals surface area contributed by atoms with Gasteiger partial charge in [-0.2, -0.15) is 12.7 Å². The number of rotatable bonds is 7. The molecular weight excluding hydrogens is 598 g/mol. The van der Waals surface area contributed by atoms with Gasteiger partial charge in [0.25, 0.3) is 5.91 Å². The van der Waals surface area contributed by atoms with E-state index in [1.54, 1.807) is 25.1 Å². The number of piperazine rings is 1. The van der Waals surface area contributed by atoms with E-state index in [9.17, 15) is 22.8 Å². The third-order valence-corrected chi connectivity index (χ3v) is 10.2. The second kappa shape index (κ2) is 12.4. The van der Waals surface area contributed by atoms with Crippen molar-refractivity contribution in [1.82, 2.24) is 28.8 Å². The summed E-state index contributed by atoms with van der Waals surface area (Å²) >= 11 is 1.32. The number of amides is 2. The first kappa shape index (κ1) is 30.6. The van der Waals surface area contributed by atoms with Crippen LogP contribution in [0.3, 0.4) is 0 Å². The molecule has 0 aliphatic carbocycles. The zero-order valence-corrected chi connectivity index (χ0v) is 25.6. The summed E-state index contributed by atoms with van der Waals surface area (Å²) in [6.07, 6.45) is 2.64. The molecule has 0 saturated carbocycles. The molecule has 3 N–H and O–H groups in total. The van der Waals surface area contributed by atoms with Gasteiger partial charge in [0.15, 0.2) is 5.01 Å². The van der Waals surface area contributed by atoms with Gasteiger partial charge in [0.1, 0.15) is 5.84 Å². The lowest BCUT2D eigenvalue weighted by atomic mass is 10.1. The Balaban J connectivity index is 1.38. The number of amidine groups is 1. The third kappa shape index (κ3) is 6.41. The van der Waals surface area contributed by atoms with Crippen LogP contribution in [-0.4, -0.2) is 95.8 Å². The van der Waals surface area contributed by atoms with Crippen LogP contribution < -0.4 is 10.6 Å². The van der Waals surface area contributed by atoms with Crippen molar-refractivity contribution in [2.75, 3.05) is 33.4 Å². The molecule has 2 unspecified atom stereocenters. The van der Waals surface area contributed by atoms with Crippen LogP contribution in [0.2, 0.25) is 0 Å². The Hall–Kier alpha value is -3.86. The van der Waals surface area contributed by atoms with E-state index < -0.39 is 28.3 Å². The van der Waals surface area contributed by atoms with Crippen LogP contribution in [0.25, 0.3) is 10.8 Å². The van der Waals surface area contributed by atoms with Crippen molar-refractivity contribution in [3.63, 3.8) is 0 Å². The molecule has 0 bridgehead atoms. The number of benzene rings is 1. The number of carbonyl (C=O) groups is 3. The van der Waals surface area contributed by atoms with E-state index in [1.165, 1.54) is 40.0 Å². The number of nitrogens with zero attached hydrogens (tertiary/aromatic N) is 4. The minimum atomic E-state index is -4.09. The van der Waals surface area contributed by atoms with Crippen molar-refractivity contribution in [2.24, 2.45) is 0 Å². The molecule has 2 aliphatic rings. The summed E-state index contributed by atoms with van der Waals surface area (Å²) in [5.41, 5.74) is 1.26. The van der Waals surface area contributed by atoms with Crippen molar-refractivity contribution in [3.8, 4) is 0 Å². The lowest BCUT2D eigenvalue weighted by Gasteiger charge is -2.40. The second-order valence-corrected chi connectivity index (χ2v) is 13.2. The first-order valence-corrected chi connectivity index (χ1v) is 16.0. The lowest BCUT2D eigenvalue weighted by Crippen LogP contribution is -2.57. The van der Waals surface area contributed by atoms with Gasteiger partial charge in [0.05, 0.1) is 31.9 Å². The van der Waals surface area contributed by atoms with Gasteiger partial charge < -0.3 is 19.7 Å². The van der Waals surface area contributed by atoms with Gasteiger partial charge in [-0.15, -0.1) is 11.3 Å². The van der Waals surface area contributed by atoms with Gasteiger partial charge in [-0.05, 0) is 19.9 Å². The van der Waals surface area contributed by atoms with Crippen LogP contribution in [0.4, 0.5) is 4.79 Å². The maximum atomic E-state index is 13.8. The van der Waals surface area contributed by atoms with Crippen molar-refractivity contribution < 1.29 is 32.3 Å². The normalized spacial score (nSPS) is 19.1. The maximum Gasteiger partial charge on any atom is 0.412 e. The molecule has 4 heterocycles. The molecule has 5 rings (SSSR count). The average molecular weight is 632 g/mol. The van der Waals surface area contributed by atoms with E-state index in [2.05, 4.69) is 27.3 Å². The van der Waals surface area contributed by atoms with E-state index in [0.29, 0.717) is 34.3 Å². The molecule has 0 spiro atoms. The molecule has 2 aromatic heterocycles. The number of hydrogen-bond donors (Lipinski definition) is 3. The topological polar surface area (TPSA) is 176 Å². The van der Waals surface area contributed by atoms with Crippen LogP contribution >= 0.6 is 11.3 Å². The van der Waals surface area contributed by atoms with Crippen molar-refractivity contribution in [2.45, 2.75) is 45.3 Å². The fourth-order valence-electron chi connectivity index (χ4n) is 5.18. The van der Waals surface area contributed by atoms with Crippen LogP contribution in [-0.2, 0) is 37.4 Å². The summed E-state index contributed by atoms with van der Waals surface area (Å²) in [7, 11) is -2.90. The first-order chi connectivity index (χ1) is 20.5. The minimum absolute atomic E-state index is 0.0184. The molecule has 14 nitrogen and oxygen atoms in total. The number of fused-ring (bicyclic) bond motifs is 2. The summed E-state index contributed by atoms with van der Waals surface area (Å²) < 4.78 is 39.5. The van der Waals surface area contributed by atoms with Crippen molar-refractivity contribution in [1.29, 1.82) is 5.41 Å². The van der Waals surface area contributed by atoms with Gasteiger partial charge in [-0.25, -0.2) is 13.8 Å². The lowest BCUT2D eigenvalue weighted by molar-refractivity contribution is -0.144. The predicted molar refractivity (Wildman–Crippen MR) is 158 cm³/mol. The molecular formula is C27H33N7O7S2. The number of aromatic nitrogens is 2. The van der Waals surface area contributed by atoms with E-state index in [1.807, 2.05) is 0 Å². The van der Waals surface area contributed by atoms with Crippen LogP contribution in [0.1, 0.15) is 46.2 Å². The molecule has 3 aromatic rings. The average Bonchev–Trinajstić information content (AvgIpc) is 3.61. The summed E-state index contributed by atoms with van der Waals surface area (Å²) in [5, 5.41) is 15.2. The Labute approximate surface area is 252 Å². The molecule has 2 atom stereocenters. The minimum Gasteiger partial charge on any atom is -0.466 e. The highest BCUT2D eigenvalue weighted by molar-refractivity contribution is 7.87. The fourth-order valence-corrected chi connectivity index (χ4v) is 7.61. The van der Waals surface area contributed by atoms with Crippen LogP contribution in [0.15, 0.2) is 30.6 Å². The van der Waals surface area contributed by atoms with Crippen molar-refractivity contribution in [3.05, 3.63) is 51.7 Å². The van der Waals surface area contributed by atoms with Crippen LogP contribution in [0.5, 0.6) is 0 Å². The molecule has 2 amide bonds. The molecule has 43 heavy (non-hydrogen) atoms. The second-order valence-electron chi connectivity index (χ2n) is 10.3. The van der Waals surface area contributed by atoms with Crippen LogP contribution in [0, 0.1) is 5.41 Å². The van der Waals surface area contributed by atoms with Gasteiger partial charge in [-0.3, -0.25) is 20.3 Å². The standard InChI is InChI=1S/C27H33N7O7S2/c1-4-41-23(35)11-20-15-32(7-8-34(20)26(36)25-30-21-9-16(2)29-12-22(21)42-25)43(38,39)33-13-18-6-5-17(10-19(18)14-33)24(28)31-27(37)40-3/h5-6,10,13-14,16,20,29H,4,7-9,11-12,15H2,1-3H3,(H2,28,31,37). The van der Waals surface area contributed by atoms with Crippen molar-refractivity contribution >= 4 is 56.1 Å². The third-order valence-electron chi connectivity index (χ3n) is 7.40. The Morgan fingerprint density at radius 1 is 1.21 bits per heavy atom. The zero-order valence-electron chi connectivity index (χ0n) is 24.0. The number of hydrogen-bond acceptors (Lipinski definition) is 11. The smallest absolute Gasteiger partial charge is 0.412 e. The Morgan fingerprint density at radius 2 is 1.98 bits per heavy atom. The van der Waals surface area contributed by atoms with E-state index in [-0.39, 0.29) is 50.4 Å². The van der Waals surface area contributed by atoms with Gasteiger partial charge >= 0.3 is 22.3 Å². The summed E-state index contributed by atoms with van der Waals surface area (Å²) in [5.74, 6) is -1.05. The monoisotopic (exact) mass is 631 g/mol. The summed E-state index contributed by atoms with van der Waals surface area (Å²) in [6.45, 7) is 4.52. The highest BCUT2D eigenvalue weighted by Gasteiger charge is 2.39. The molecule has 16 heteroatoms. The fraction of sp³-hybridized carbons (Fsp3) is 0.444. The molecule has 1 aromatic carbocycles. The largest absolute Gasteiger partial charge is 0.466 e. The van der Waals surface area contributed by atoms with E-state index in [4.69, 9.17) is 10.1 Å². The number of methoxy groups -OCH3 is 1. The van der Waals surface area contributed by atoms with Gasteiger partial charge in [0.2, 0.25) is 0 Å². The quantitative estimate of drug-likeness (QED) is 0.199. The van der Waals surface area contributed by atoms with E-state index >= 15 is 0 Å². The number of esters is 1. The predicted octanol–water partition coefficient (Wildman–Crippen LogP) is 1.69. The number of alkyl carbamates (subject to hydrolysis) is 1. The molecule has 1 saturated heterocycles. The first-order valence-electron chi connectivity index (χ1n) is 13.7. The Morgan fingerprint density at radius 3 is 2.72 bits per heavy atom. The Kier molecular flexibility index (Phi) is 8.82. The van der Waals surface area contributed by atoms with Gasteiger partial charge in [0, 0.05) is 72.2 Å². The van der Waals surface area contributed by atoms with Gasteiger partial charge in [-0.1, -0.05) is 12.1 Å². The number of ether oxygens (including phenoxy) is 2. The molecule has 0 radical (unpaired) electrons. The molecule has 1 fully saturated rings. The summed E-state index contributed by atoms with van der Waals surface area (Å²) in [4.78, 5) is 44.8. The zero-order chi connectivity index (χ0) is 30.9. The highest BCUT2D eigenvalue weighted by atomic mass is 32.2.